The van der Waals surface area contributed by atoms with Crippen molar-refractivity contribution in [1.82, 2.24) is 9.61 Å². The van der Waals surface area contributed by atoms with Crippen molar-refractivity contribution in [2.24, 2.45) is 0 Å². The molecular weight excluding hydrogens is 279 g/mol. The lowest BCUT2D eigenvalue weighted by Crippen LogP contribution is -2.05. The topological polar surface area (TPSA) is 34.4 Å². The summed E-state index contributed by atoms with van der Waals surface area (Å²) in [5.41, 5.74) is 1.47. The van der Waals surface area contributed by atoms with Crippen molar-refractivity contribution in [2.75, 3.05) is 0 Å². The molecule has 0 unspecified atom stereocenters. The first-order chi connectivity index (χ1) is 9.65. The fourth-order valence-electron chi connectivity index (χ4n) is 2.10. The first-order valence-electron chi connectivity index (χ1n) is 6.04. The Labute approximate surface area is 119 Å². The van der Waals surface area contributed by atoms with Crippen molar-refractivity contribution >= 4 is 22.9 Å². The lowest BCUT2D eigenvalue weighted by Gasteiger charge is -2.03. The fourth-order valence-corrected chi connectivity index (χ4v) is 2.29. The first kappa shape index (κ1) is 12.8. The molecule has 1 aromatic carbocycles. The van der Waals surface area contributed by atoms with Gasteiger partial charge in [0.1, 0.15) is 5.82 Å². The third-order valence-electron chi connectivity index (χ3n) is 3.09. The second-order valence-electron chi connectivity index (χ2n) is 4.42. The lowest BCUT2D eigenvalue weighted by atomic mass is 10.0. The highest BCUT2D eigenvalue weighted by atomic mass is 35.5. The number of nitrogens with zero attached hydrogens (tertiary/aromatic N) is 2. The minimum Gasteiger partial charge on any atom is -0.294 e. The van der Waals surface area contributed by atoms with Crippen molar-refractivity contribution in [1.29, 1.82) is 0 Å². The molecule has 2 heterocycles. The summed E-state index contributed by atoms with van der Waals surface area (Å²) in [6.45, 7) is 0. The second kappa shape index (κ2) is 5.06. The molecule has 0 fully saturated rings. The average Bonchev–Trinajstić information content (AvgIpc) is 2.87. The zero-order valence-electron chi connectivity index (χ0n) is 10.4. The third kappa shape index (κ3) is 2.30. The van der Waals surface area contributed by atoms with Gasteiger partial charge in [0.15, 0.2) is 5.78 Å². The molecule has 0 bridgehead atoms. The van der Waals surface area contributed by atoms with Gasteiger partial charge in [0.25, 0.3) is 0 Å². The van der Waals surface area contributed by atoms with Crippen LogP contribution in [-0.4, -0.2) is 15.4 Å². The molecule has 0 N–H and O–H groups in total. The molecule has 0 aliphatic heterocycles. The normalized spacial score (nSPS) is 10.9. The maximum absolute atomic E-state index is 13.7. The molecule has 0 aliphatic carbocycles. The van der Waals surface area contributed by atoms with Gasteiger partial charge in [0.2, 0.25) is 0 Å². The number of hydrogen-bond acceptors (Lipinski definition) is 2. The van der Waals surface area contributed by atoms with Crippen LogP contribution in [0.2, 0.25) is 5.02 Å². The molecule has 100 valence electrons. The Balaban J connectivity index is 1.95. The van der Waals surface area contributed by atoms with E-state index < -0.39 is 5.82 Å². The maximum atomic E-state index is 13.7. The molecule has 0 radical (unpaired) electrons. The number of pyridine rings is 1. The van der Waals surface area contributed by atoms with Gasteiger partial charge in [0, 0.05) is 17.6 Å². The summed E-state index contributed by atoms with van der Waals surface area (Å²) >= 11 is 5.83. The van der Waals surface area contributed by atoms with Crippen molar-refractivity contribution in [3.8, 4) is 0 Å². The van der Waals surface area contributed by atoms with Crippen LogP contribution in [-0.2, 0) is 6.42 Å². The quantitative estimate of drug-likeness (QED) is 0.691. The van der Waals surface area contributed by atoms with Crippen molar-refractivity contribution in [2.45, 2.75) is 6.42 Å². The molecule has 20 heavy (non-hydrogen) atoms. The Hall–Kier alpha value is -2.20. The largest absolute Gasteiger partial charge is 0.294 e. The monoisotopic (exact) mass is 288 g/mol. The van der Waals surface area contributed by atoms with E-state index in [1.165, 1.54) is 24.4 Å². The average molecular weight is 289 g/mol. The molecule has 0 spiro atoms. The number of aromatic nitrogens is 2. The third-order valence-corrected chi connectivity index (χ3v) is 3.32. The van der Waals surface area contributed by atoms with Gasteiger partial charge < -0.3 is 0 Å². The van der Waals surface area contributed by atoms with Crippen LogP contribution in [0, 0.1) is 5.82 Å². The summed E-state index contributed by atoms with van der Waals surface area (Å²) in [4.78, 5) is 12.3. The SMILES string of the molecule is O=C(Cc1cc(Cl)ccc1F)c1cnn2ccccc12. The summed E-state index contributed by atoms with van der Waals surface area (Å²) < 4.78 is 15.3. The molecule has 0 amide bonds. The molecule has 2 aromatic heterocycles. The molecule has 0 aliphatic rings. The smallest absolute Gasteiger partial charge is 0.171 e. The number of halogens is 2. The van der Waals surface area contributed by atoms with Gasteiger partial charge in [-0.3, -0.25) is 4.79 Å². The fraction of sp³-hybridized carbons (Fsp3) is 0.0667. The van der Waals surface area contributed by atoms with E-state index in [1.807, 2.05) is 12.1 Å². The van der Waals surface area contributed by atoms with Crippen molar-refractivity contribution < 1.29 is 9.18 Å². The van der Waals surface area contributed by atoms with E-state index in [1.54, 1.807) is 16.8 Å². The summed E-state index contributed by atoms with van der Waals surface area (Å²) in [5.74, 6) is -0.619. The highest BCUT2D eigenvalue weighted by Crippen LogP contribution is 2.18. The van der Waals surface area contributed by atoms with E-state index in [2.05, 4.69) is 5.10 Å². The summed E-state index contributed by atoms with van der Waals surface area (Å²) in [7, 11) is 0. The van der Waals surface area contributed by atoms with Crippen molar-refractivity contribution in [3.63, 3.8) is 0 Å². The molecule has 3 rings (SSSR count). The second-order valence-corrected chi connectivity index (χ2v) is 4.86. The molecule has 3 nitrogen and oxygen atoms in total. The zero-order chi connectivity index (χ0) is 14.1. The Morgan fingerprint density at radius 2 is 2.15 bits per heavy atom. The first-order valence-corrected chi connectivity index (χ1v) is 6.42. The van der Waals surface area contributed by atoms with Gasteiger partial charge in [-0.2, -0.15) is 5.10 Å². The van der Waals surface area contributed by atoms with Gasteiger partial charge in [-0.05, 0) is 35.9 Å². The Morgan fingerprint density at radius 3 is 3.00 bits per heavy atom. The number of carbonyl (C=O) groups is 1. The number of fused-ring (bicyclic) bond motifs is 1. The zero-order valence-corrected chi connectivity index (χ0v) is 11.1. The van der Waals surface area contributed by atoms with Crippen LogP contribution < -0.4 is 0 Å². The molecule has 3 aromatic rings. The van der Waals surface area contributed by atoms with E-state index in [-0.39, 0.29) is 17.8 Å². The van der Waals surface area contributed by atoms with Crippen LogP contribution in [0.5, 0.6) is 0 Å². The number of carbonyl (C=O) groups excluding carboxylic acids is 1. The molecule has 0 saturated carbocycles. The van der Waals surface area contributed by atoms with E-state index in [4.69, 9.17) is 11.6 Å². The number of ketones is 1. The predicted molar refractivity (Wildman–Crippen MR) is 74.6 cm³/mol. The number of Topliss-reactive ketones (excluding diaryl/α,β-unsaturated/α-hetero) is 1. The minimum absolute atomic E-state index is 0.0390. The molecular formula is C15H10ClFN2O. The van der Waals surface area contributed by atoms with Crippen LogP contribution in [0.25, 0.3) is 5.52 Å². The molecule has 0 atom stereocenters. The van der Waals surface area contributed by atoms with E-state index in [9.17, 15) is 9.18 Å². The predicted octanol–water partition coefficient (Wildman–Crippen LogP) is 3.55. The lowest BCUT2D eigenvalue weighted by molar-refractivity contribution is 0.0993. The van der Waals surface area contributed by atoms with Crippen LogP contribution in [0.1, 0.15) is 15.9 Å². The Kier molecular flexibility index (Phi) is 3.24. The van der Waals surface area contributed by atoms with E-state index in [0.717, 1.165) is 0 Å². The number of benzene rings is 1. The highest BCUT2D eigenvalue weighted by Gasteiger charge is 2.15. The maximum Gasteiger partial charge on any atom is 0.171 e. The van der Waals surface area contributed by atoms with Crippen molar-refractivity contribution in [3.05, 3.63) is 70.8 Å². The van der Waals surface area contributed by atoms with E-state index in [0.29, 0.717) is 16.1 Å². The van der Waals surface area contributed by atoms with Crippen LogP contribution in [0.3, 0.4) is 0 Å². The van der Waals surface area contributed by atoms with Gasteiger partial charge in [-0.15, -0.1) is 0 Å². The van der Waals surface area contributed by atoms with Gasteiger partial charge >= 0.3 is 0 Å². The van der Waals surface area contributed by atoms with Crippen LogP contribution in [0.15, 0.2) is 48.8 Å². The Bertz CT molecular complexity index is 797. The highest BCUT2D eigenvalue weighted by molar-refractivity contribution is 6.30. The molecule has 0 saturated heterocycles. The minimum atomic E-state index is -0.431. The molecule has 5 heteroatoms. The summed E-state index contributed by atoms with van der Waals surface area (Å²) in [6.07, 6.45) is 3.22. The number of rotatable bonds is 3. The van der Waals surface area contributed by atoms with Gasteiger partial charge in [-0.1, -0.05) is 17.7 Å². The summed E-state index contributed by atoms with van der Waals surface area (Å²) in [5, 5.41) is 4.51. The van der Waals surface area contributed by atoms with Crippen LogP contribution >= 0.6 is 11.6 Å². The number of hydrogen-bond donors (Lipinski definition) is 0. The summed E-state index contributed by atoms with van der Waals surface area (Å²) in [6, 6.07) is 9.65. The van der Waals surface area contributed by atoms with Gasteiger partial charge in [0.05, 0.1) is 17.3 Å². The van der Waals surface area contributed by atoms with E-state index >= 15 is 0 Å². The van der Waals surface area contributed by atoms with Crippen LogP contribution in [0.4, 0.5) is 4.39 Å². The van der Waals surface area contributed by atoms with Gasteiger partial charge in [-0.25, -0.2) is 8.91 Å². The standard InChI is InChI=1S/C15H10ClFN2O/c16-11-4-5-13(17)10(7-11)8-15(20)12-9-18-19-6-2-1-3-14(12)19/h1-7,9H,8H2. The Morgan fingerprint density at radius 1 is 1.30 bits per heavy atom.